The fourth-order valence-electron chi connectivity index (χ4n) is 2.83. The van der Waals surface area contributed by atoms with Crippen LogP contribution in [0.1, 0.15) is 18.4 Å². The maximum absolute atomic E-state index is 9.95. The Bertz CT molecular complexity index is 414. The second-order valence-corrected chi connectivity index (χ2v) is 5.56. The van der Waals surface area contributed by atoms with Crippen LogP contribution >= 0.6 is 0 Å². The Morgan fingerprint density at radius 3 is 2.40 bits per heavy atom. The molecule has 4 N–H and O–H groups in total. The van der Waals surface area contributed by atoms with Crippen molar-refractivity contribution in [3.05, 3.63) is 35.9 Å². The quantitative estimate of drug-likeness (QED) is 0.601. The molecule has 0 aliphatic carbocycles. The van der Waals surface area contributed by atoms with Crippen molar-refractivity contribution in [3.63, 3.8) is 0 Å². The normalized spacial score (nSPS) is 33.0. The molecular weight excluding hydrogens is 258 g/mol. The molecule has 0 saturated carbocycles. The van der Waals surface area contributed by atoms with Crippen molar-refractivity contribution in [2.75, 3.05) is 19.7 Å². The van der Waals surface area contributed by atoms with Crippen molar-refractivity contribution >= 4 is 0 Å². The molecule has 1 fully saturated rings. The van der Waals surface area contributed by atoms with Gasteiger partial charge in [0, 0.05) is 13.1 Å². The van der Waals surface area contributed by atoms with Crippen LogP contribution in [0.25, 0.3) is 0 Å². The van der Waals surface area contributed by atoms with Crippen molar-refractivity contribution in [1.29, 1.82) is 0 Å². The standard InChI is InChI=1S/C15H23NO4/c1-10(11-5-3-2-4-6-11)7-16-8-13(18)15(20)14(19)12(16)9-17/h2-6,10,12-15,17-20H,7-9H2,1H3/t10-,12?,13?,14?,15?/m0/s1. The highest BCUT2D eigenvalue weighted by molar-refractivity contribution is 5.19. The number of benzene rings is 1. The Morgan fingerprint density at radius 1 is 1.15 bits per heavy atom. The van der Waals surface area contributed by atoms with Crippen LogP contribution in [-0.4, -0.2) is 69.4 Å². The number of rotatable bonds is 4. The molecule has 1 aliphatic heterocycles. The molecular formula is C15H23NO4. The molecule has 0 bridgehead atoms. The predicted octanol–water partition coefficient (Wildman–Crippen LogP) is -0.451. The number of piperidine rings is 1. The molecule has 1 aliphatic rings. The van der Waals surface area contributed by atoms with E-state index in [1.807, 2.05) is 35.2 Å². The zero-order valence-electron chi connectivity index (χ0n) is 11.6. The maximum Gasteiger partial charge on any atom is 0.109 e. The molecule has 2 rings (SSSR count). The third kappa shape index (κ3) is 3.19. The van der Waals surface area contributed by atoms with E-state index in [9.17, 15) is 20.4 Å². The van der Waals surface area contributed by atoms with Crippen LogP contribution in [0.2, 0.25) is 0 Å². The first-order valence-electron chi connectivity index (χ1n) is 6.98. The molecule has 5 atom stereocenters. The number of β-amino-alcohol motifs (C(OH)–C–C–N with tert-alkyl or cyclic N) is 1. The molecule has 4 unspecified atom stereocenters. The summed E-state index contributed by atoms with van der Waals surface area (Å²) >= 11 is 0. The van der Waals surface area contributed by atoms with E-state index in [0.717, 1.165) is 0 Å². The summed E-state index contributed by atoms with van der Waals surface area (Å²) in [5.74, 6) is 0.208. The summed E-state index contributed by atoms with van der Waals surface area (Å²) in [7, 11) is 0. The number of aliphatic hydroxyl groups is 4. The van der Waals surface area contributed by atoms with Crippen LogP contribution in [-0.2, 0) is 0 Å². The lowest BCUT2D eigenvalue weighted by Crippen LogP contribution is -2.62. The second-order valence-electron chi connectivity index (χ2n) is 5.56. The van der Waals surface area contributed by atoms with Gasteiger partial charge in [-0.05, 0) is 11.5 Å². The van der Waals surface area contributed by atoms with Crippen LogP contribution in [0.3, 0.4) is 0 Å². The topological polar surface area (TPSA) is 84.2 Å². The summed E-state index contributed by atoms with van der Waals surface area (Å²) in [5.41, 5.74) is 1.17. The monoisotopic (exact) mass is 281 g/mol. The van der Waals surface area contributed by atoms with Gasteiger partial charge in [-0.2, -0.15) is 0 Å². The minimum absolute atomic E-state index is 0.208. The van der Waals surface area contributed by atoms with E-state index in [2.05, 4.69) is 6.92 Å². The molecule has 5 heteroatoms. The van der Waals surface area contributed by atoms with Crippen LogP contribution in [0, 0.1) is 0 Å². The molecule has 20 heavy (non-hydrogen) atoms. The summed E-state index contributed by atoms with van der Waals surface area (Å²) in [6.07, 6.45) is -3.32. The van der Waals surface area contributed by atoms with E-state index >= 15 is 0 Å². The minimum atomic E-state index is -1.20. The van der Waals surface area contributed by atoms with Gasteiger partial charge in [-0.1, -0.05) is 37.3 Å². The molecule has 1 aromatic carbocycles. The summed E-state index contributed by atoms with van der Waals surface area (Å²) in [6, 6.07) is 9.42. The van der Waals surface area contributed by atoms with Crippen LogP contribution in [0.5, 0.6) is 0 Å². The summed E-state index contributed by atoms with van der Waals surface area (Å²) in [4.78, 5) is 1.85. The Hall–Kier alpha value is -0.980. The zero-order chi connectivity index (χ0) is 14.7. The lowest BCUT2D eigenvalue weighted by atomic mass is 9.92. The number of aliphatic hydroxyl groups excluding tert-OH is 4. The number of nitrogens with zero attached hydrogens (tertiary/aromatic N) is 1. The summed E-state index contributed by atoms with van der Waals surface area (Å²) in [6.45, 7) is 2.68. The summed E-state index contributed by atoms with van der Waals surface area (Å²) < 4.78 is 0. The van der Waals surface area contributed by atoms with E-state index < -0.39 is 24.4 Å². The molecule has 1 aromatic rings. The molecule has 1 saturated heterocycles. The number of likely N-dealkylation sites (tertiary alicyclic amines) is 1. The van der Waals surface area contributed by atoms with E-state index in [1.54, 1.807) is 0 Å². The molecule has 0 spiro atoms. The average Bonchev–Trinajstić information content (AvgIpc) is 2.46. The smallest absolute Gasteiger partial charge is 0.109 e. The average molecular weight is 281 g/mol. The fourth-order valence-corrected chi connectivity index (χ4v) is 2.83. The molecule has 0 radical (unpaired) electrons. The second kappa shape index (κ2) is 6.65. The van der Waals surface area contributed by atoms with Crippen molar-refractivity contribution in [2.24, 2.45) is 0 Å². The number of hydrogen-bond acceptors (Lipinski definition) is 5. The molecule has 1 heterocycles. The molecule has 0 amide bonds. The van der Waals surface area contributed by atoms with E-state index in [0.29, 0.717) is 6.54 Å². The predicted molar refractivity (Wildman–Crippen MR) is 75.3 cm³/mol. The van der Waals surface area contributed by atoms with Crippen molar-refractivity contribution in [3.8, 4) is 0 Å². The maximum atomic E-state index is 9.95. The Labute approximate surface area is 119 Å². The van der Waals surface area contributed by atoms with Crippen LogP contribution in [0.15, 0.2) is 30.3 Å². The number of hydrogen-bond donors (Lipinski definition) is 4. The third-order valence-electron chi connectivity index (χ3n) is 4.09. The highest BCUT2D eigenvalue weighted by Gasteiger charge is 2.41. The molecule has 112 valence electrons. The van der Waals surface area contributed by atoms with Crippen LogP contribution < -0.4 is 0 Å². The SMILES string of the molecule is C[C@@H](CN1CC(O)C(O)C(O)C1CO)c1ccccc1. The van der Waals surface area contributed by atoms with Gasteiger partial charge in [0.2, 0.25) is 0 Å². The Balaban J connectivity index is 2.07. The zero-order valence-corrected chi connectivity index (χ0v) is 11.6. The van der Waals surface area contributed by atoms with Crippen molar-refractivity contribution in [2.45, 2.75) is 37.2 Å². The van der Waals surface area contributed by atoms with Crippen molar-refractivity contribution in [1.82, 2.24) is 4.90 Å². The van der Waals surface area contributed by atoms with Gasteiger partial charge >= 0.3 is 0 Å². The van der Waals surface area contributed by atoms with Gasteiger partial charge in [0.1, 0.15) is 12.2 Å². The van der Waals surface area contributed by atoms with Crippen molar-refractivity contribution < 1.29 is 20.4 Å². The first-order valence-corrected chi connectivity index (χ1v) is 6.98. The van der Waals surface area contributed by atoms with E-state index in [4.69, 9.17) is 0 Å². The Morgan fingerprint density at radius 2 is 1.80 bits per heavy atom. The molecule has 0 aromatic heterocycles. The highest BCUT2D eigenvalue weighted by Crippen LogP contribution is 2.23. The fraction of sp³-hybridized carbons (Fsp3) is 0.600. The minimum Gasteiger partial charge on any atom is -0.395 e. The van der Waals surface area contributed by atoms with Crippen LogP contribution in [0.4, 0.5) is 0 Å². The largest absolute Gasteiger partial charge is 0.395 e. The lowest BCUT2D eigenvalue weighted by molar-refractivity contribution is -0.145. The van der Waals surface area contributed by atoms with Gasteiger partial charge < -0.3 is 20.4 Å². The molecule has 5 nitrogen and oxygen atoms in total. The van der Waals surface area contributed by atoms with Gasteiger partial charge in [0.15, 0.2) is 0 Å². The lowest BCUT2D eigenvalue weighted by Gasteiger charge is -2.44. The summed E-state index contributed by atoms with van der Waals surface area (Å²) in [5, 5.41) is 38.8. The van der Waals surface area contributed by atoms with Gasteiger partial charge in [-0.15, -0.1) is 0 Å². The van der Waals surface area contributed by atoms with E-state index in [1.165, 1.54) is 5.56 Å². The first-order chi connectivity index (χ1) is 9.54. The van der Waals surface area contributed by atoms with Gasteiger partial charge in [0.05, 0.1) is 18.8 Å². The Kier molecular flexibility index (Phi) is 5.12. The van der Waals surface area contributed by atoms with E-state index in [-0.39, 0.29) is 19.1 Å². The van der Waals surface area contributed by atoms with Gasteiger partial charge in [0.25, 0.3) is 0 Å². The van der Waals surface area contributed by atoms with Gasteiger partial charge in [-0.3, -0.25) is 4.90 Å². The highest BCUT2D eigenvalue weighted by atomic mass is 16.4. The van der Waals surface area contributed by atoms with Gasteiger partial charge in [-0.25, -0.2) is 0 Å². The first kappa shape index (κ1) is 15.4. The third-order valence-corrected chi connectivity index (χ3v) is 4.09.